The highest BCUT2D eigenvalue weighted by Crippen LogP contribution is 2.19. The van der Waals surface area contributed by atoms with E-state index < -0.39 is 0 Å². The molecule has 2 fully saturated rings. The van der Waals surface area contributed by atoms with Crippen LogP contribution in [0.3, 0.4) is 0 Å². The van der Waals surface area contributed by atoms with Gasteiger partial charge in [-0.1, -0.05) is 11.6 Å². The number of aromatic nitrogens is 2. The molecule has 104 valence electrons. The molecule has 0 aliphatic carbocycles. The molecule has 19 heavy (non-hydrogen) atoms. The zero-order chi connectivity index (χ0) is 13.1. The average molecular weight is 283 g/mol. The van der Waals surface area contributed by atoms with Crippen LogP contribution in [0.1, 0.15) is 12.8 Å². The highest BCUT2D eigenvalue weighted by Gasteiger charge is 2.25. The molecule has 3 rings (SSSR count). The van der Waals surface area contributed by atoms with Crippen molar-refractivity contribution in [2.75, 3.05) is 44.3 Å². The van der Waals surface area contributed by atoms with Gasteiger partial charge in [0.15, 0.2) is 11.0 Å². The van der Waals surface area contributed by atoms with Crippen LogP contribution in [0.25, 0.3) is 0 Å². The Morgan fingerprint density at radius 2 is 1.79 bits per heavy atom. The van der Waals surface area contributed by atoms with Crippen molar-refractivity contribution in [3.05, 3.63) is 17.3 Å². The van der Waals surface area contributed by atoms with Crippen molar-refractivity contribution in [3.8, 4) is 0 Å². The summed E-state index contributed by atoms with van der Waals surface area (Å²) in [6.07, 6.45) is 2.33. The average Bonchev–Trinajstić information content (AvgIpc) is 2.49. The predicted molar refractivity (Wildman–Crippen MR) is 74.7 cm³/mol. The van der Waals surface area contributed by atoms with Crippen LogP contribution in [0, 0.1) is 0 Å². The summed E-state index contributed by atoms with van der Waals surface area (Å²) in [5.74, 6) is 0.927. The molecule has 0 N–H and O–H groups in total. The van der Waals surface area contributed by atoms with Crippen LogP contribution in [0.5, 0.6) is 0 Å². The SMILES string of the molecule is Clc1ccc(N2CCN(C3CCOCC3)CC2)nn1. The van der Waals surface area contributed by atoms with E-state index in [4.69, 9.17) is 16.3 Å². The number of rotatable bonds is 2. The fourth-order valence-electron chi connectivity index (χ4n) is 2.84. The lowest BCUT2D eigenvalue weighted by molar-refractivity contribution is 0.0321. The van der Waals surface area contributed by atoms with E-state index >= 15 is 0 Å². The lowest BCUT2D eigenvalue weighted by Crippen LogP contribution is -2.51. The van der Waals surface area contributed by atoms with E-state index in [9.17, 15) is 0 Å². The van der Waals surface area contributed by atoms with E-state index in [0.29, 0.717) is 11.2 Å². The van der Waals surface area contributed by atoms with Crippen molar-refractivity contribution in [2.24, 2.45) is 0 Å². The summed E-state index contributed by atoms with van der Waals surface area (Å²) in [5, 5.41) is 8.50. The zero-order valence-corrected chi connectivity index (χ0v) is 11.7. The number of nitrogens with zero attached hydrogens (tertiary/aromatic N) is 4. The Bertz CT molecular complexity index is 400. The Balaban J connectivity index is 1.55. The molecular formula is C13H19ClN4O. The second-order valence-corrected chi connectivity index (χ2v) is 5.47. The highest BCUT2D eigenvalue weighted by molar-refractivity contribution is 6.29. The second-order valence-electron chi connectivity index (χ2n) is 5.08. The summed E-state index contributed by atoms with van der Waals surface area (Å²) in [5.41, 5.74) is 0. The summed E-state index contributed by atoms with van der Waals surface area (Å²) < 4.78 is 5.42. The van der Waals surface area contributed by atoms with Gasteiger partial charge in [-0.05, 0) is 25.0 Å². The topological polar surface area (TPSA) is 41.5 Å². The van der Waals surface area contributed by atoms with Crippen LogP contribution in [-0.4, -0.2) is 60.5 Å². The van der Waals surface area contributed by atoms with Crippen molar-refractivity contribution in [1.82, 2.24) is 15.1 Å². The first kappa shape index (κ1) is 13.1. The van der Waals surface area contributed by atoms with Gasteiger partial charge in [-0.25, -0.2) is 0 Å². The van der Waals surface area contributed by atoms with Crippen LogP contribution in [-0.2, 0) is 4.74 Å². The maximum absolute atomic E-state index is 5.76. The smallest absolute Gasteiger partial charge is 0.151 e. The minimum atomic E-state index is 0.449. The van der Waals surface area contributed by atoms with E-state index in [2.05, 4.69) is 20.0 Å². The van der Waals surface area contributed by atoms with E-state index in [1.165, 1.54) is 12.8 Å². The van der Waals surface area contributed by atoms with Crippen molar-refractivity contribution in [1.29, 1.82) is 0 Å². The molecule has 1 aromatic rings. The molecule has 6 heteroatoms. The van der Waals surface area contributed by atoms with Gasteiger partial charge in [0.05, 0.1) is 0 Å². The Kier molecular flexibility index (Phi) is 4.15. The number of anilines is 1. The largest absolute Gasteiger partial charge is 0.381 e. The van der Waals surface area contributed by atoms with Crippen LogP contribution in [0.2, 0.25) is 5.15 Å². The maximum atomic E-state index is 5.76. The van der Waals surface area contributed by atoms with Crippen LogP contribution in [0.4, 0.5) is 5.82 Å². The van der Waals surface area contributed by atoms with E-state index in [1.807, 2.05) is 6.07 Å². The Hall–Kier alpha value is -0.910. The Morgan fingerprint density at radius 1 is 1.05 bits per heavy atom. The molecular weight excluding hydrogens is 264 g/mol. The van der Waals surface area contributed by atoms with E-state index in [1.54, 1.807) is 6.07 Å². The third-order valence-corrected chi connectivity index (χ3v) is 4.16. The minimum absolute atomic E-state index is 0.449. The summed E-state index contributed by atoms with van der Waals surface area (Å²) in [4.78, 5) is 4.86. The number of hydrogen-bond acceptors (Lipinski definition) is 5. The molecule has 0 atom stereocenters. The number of ether oxygens (including phenoxy) is 1. The molecule has 3 heterocycles. The van der Waals surface area contributed by atoms with Gasteiger partial charge in [0.1, 0.15) is 0 Å². The highest BCUT2D eigenvalue weighted by atomic mass is 35.5. The Labute approximate surface area is 118 Å². The molecule has 2 aliphatic rings. The van der Waals surface area contributed by atoms with Crippen molar-refractivity contribution >= 4 is 17.4 Å². The molecule has 0 amide bonds. The fourth-order valence-corrected chi connectivity index (χ4v) is 2.94. The molecule has 2 aliphatic heterocycles. The normalized spacial score (nSPS) is 22.7. The third-order valence-electron chi connectivity index (χ3n) is 3.96. The van der Waals surface area contributed by atoms with Crippen LogP contribution in [0.15, 0.2) is 12.1 Å². The van der Waals surface area contributed by atoms with Crippen molar-refractivity contribution in [2.45, 2.75) is 18.9 Å². The zero-order valence-electron chi connectivity index (χ0n) is 11.0. The molecule has 0 radical (unpaired) electrons. The van der Waals surface area contributed by atoms with Gasteiger partial charge in [-0.15, -0.1) is 10.2 Å². The molecule has 1 aromatic heterocycles. The first-order valence-corrected chi connectivity index (χ1v) is 7.27. The maximum Gasteiger partial charge on any atom is 0.151 e. The minimum Gasteiger partial charge on any atom is -0.381 e. The number of halogens is 1. The fraction of sp³-hybridized carbons (Fsp3) is 0.692. The van der Waals surface area contributed by atoms with Gasteiger partial charge < -0.3 is 9.64 Å². The Morgan fingerprint density at radius 3 is 2.42 bits per heavy atom. The third kappa shape index (κ3) is 3.16. The van der Waals surface area contributed by atoms with E-state index in [0.717, 1.165) is 45.2 Å². The summed E-state index contributed by atoms with van der Waals surface area (Å²) in [7, 11) is 0. The van der Waals surface area contributed by atoms with Gasteiger partial charge in [0.2, 0.25) is 0 Å². The standard InChI is InChI=1S/C13H19ClN4O/c14-12-1-2-13(16-15-12)18-7-5-17(6-8-18)11-3-9-19-10-4-11/h1-2,11H,3-10H2. The second kappa shape index (κ2) is 6.03. The first-order valence-electron chi connectivity index (χ1n) is 6.89. The van der Waals surface area contributed by atoms with Gasteiger partial charge in [-0.2, -0.15) is 0 Å². The molecule has 0 spiro atoms. The van der Waals surface area contributed by atoms with Gasteiger partial charge in [0.25, 0.3) is 0 Å². The molecule has 0 aromatic carbocycles. The lowest BCUT2D eigenvalue weighted by Gasteiger charge is -2.40. The van der Waals surface area contributed by atoms with Crippen LogP contribution < -0.4 is 4.90 Å². The van der Waals surface area contributed by atoms with Gasteiger partial charge in [-0.3, -0.25) is 4.90 Å². The number of piperazine rings is 1. The summed E-state index contributed by atoms with van der Waals surface area (Å²) in [6, 6.07) is 4.45. The van der Waals surface area contributed by atoms with E-state index in [-0.39, 0.29) is 0 Å². The summed E-state index contributed by atoms with van der Waals surface area (Å²) in [6.45, 7) is 6.02. The molecule has 5 nitrogen and oxygen atoms in total. The first-order chi connectivity index (χ1) is 9.33. The molecule has 0 unspecified atom stereocenters. The van der Waals surface area contributed by atoms with Crippen LogP contribution >= 0.6 is 11.6 Å². The lowest BCUT2D eigenvalue weighted by atomic mass is 10.1. The van der Waals surface area contributed by atoms with Gasteiger partial charge in [0, 0.05) is 45.4 Å². The quantitative estimate of drug-likeness (QED) is 0.821. The predicted octanol–water partition coefficient (Wildman–Crippen LogP) is 1.43. The molecule has 0 saturated carbocycles. The monoisotopic (exact) mass is 282 g/mol. The molecule has 2 saturated heterocycles. The molecule has 0 bridgehead atoms. The summed E-state index contributed by atoms with van der Waals surface area (Å²) >= 11 is 5.76. The van der Waals surface area contributed by atoms with Crippen molar-refractivity contribution in [3.63, 3.8) is 0 Å². The van der Waals surface area contributed by atoms with Crippen molar-refractivity contribution < 1.29 is 4.74 Å². The van der Waals surface area contributed by atoms with Gasteiger partial charge >= 0.3 is 0 Å². The number of hydrogen-bond donors (Lipinski definition) is 0.